The second-order valence-corrected chi connectivity index (χ2v) is 10.3. The molecule has 0 spiro atoms. The van der Waals surface area contributed by atoms with Crippen LogP contribution in [-0.2, 0) is 9.53 Å². The van der Waals surface area contributed by atoms with E-state index in [1.807, 2.05) is 20.8 Å². The van der Waals surface area contributed by atoms with E-state index in [1.54, 1.807) is 0 Å². The molecule has 0 aromatic rings. The molecule has 3 heteroatoms. The molecule has 0 unspecified atom stereocenters. The maximum atomic E-state index is 11.9. The van der Waals surface area contributed by atoms with Crippen molar-refractivity contribution in [3.63, 3.8) is 0 Å². The minimum absolute atomic E-state index is 0.292. The van der Waals surface area contributed by atoms with Gasteiger partial charge in [-0.25, -0.2) is 0 Å². The van der Waals surface area contributed by atoms with Gasteiger partial charge in [0.05, 0.1) is 20.1 Å². The fraction of sp³-hybridized carbons (Fsp3) is 0.727. The number of ether oxygens (including phenoxy) is 1. The van der Waals surface area contributed by atoms with Crippen LogP contribution in [0, 0.1) is 5.41 Å². The van der Waals surface area contributed by atoms with Crippen molar-refractivity contribution in [3.8, 4) is 0 Å². The molecule has 0 heterocycles. The van der Waals surface area contributed by atoms with Crippen molar-refractivity contribution >= 4 is 13.9 Å². The van der Waals surface area contributed by atoms with Gasteiger partial charge in [0.15, 0.2) is 5.78 Å². The number of allylic oxidation sites excluding steroid dienone is 2. The summed E-state index contributed by atoms with van der Waals surface area (Å²) in [6.07, 6.45) is 0. The topological polar surface area (TPSA) is 26.3 Å². The molecule has 0 radical (unpaired) electrons. The molecule has 0 atom stereocenters. The van der Waals surface area contributed by atoms with Gasteiger partial charge in [-0.1, -0.05) is 19.6 Å². The first-order chi connectivity index (χ1) is 6.23. The van der Waals surface area contributed by atoms with Gasteiger partial charge < -0.3 is 4.74 Å². The van der Waals surface area contributed by atoms with Gasteiger partial charge >= 0.3 is 0 Å². The third kappa shape index (κ3) is 1.54. The summed E-state index contributed by atoms with van der Waals surface area (Å²) in [6, 6.07) is 0. The van der Waals surface area contributed by atoms with Crippen LogP contribution in [0.15, 0.2) is 11.0 Å². The Labute approximate surface area is 87.3 Å². The van der Waals surface area contributed by atoms with Crippen molar-refractivity contribution in [2.24, 2.45) is 5.41 Å². The fourth-order valence-corrected chi connectivity index (χ4v) is 3.91. The molecular weight excluding hydrogens is 192 g/mol. The standard InChI is InChI=1S/C11H20O2Si/c1-7-13-10-8(14(4,5)6)9(12)11(10,2)3/h7H2,1-6H3. The second-order valence-electron chi connectivity index (χ2n) is 5.34. The third-order valence-corrected chi connectivity index (χ3v) is 4.58. The summed E-state index contributed by atoms with van der Waals surface area (Å²) in [4.78, 5) is 11.9. The highest BCUT2D eigenvalue weighted by molar-refractivity contribution is 6.88. The van der Waals surface area contributed by atoms with Crippen LogP contribution in [-0.4, -0.2) is 20.5 Å². The zero-order valence-corrected chi connectivity index (χ0v) is 11.0. The van der Waals surface area contributed by atoms with Crippen LogP contribution in [0.3, 0.4) is 0 Å². The lowest BCUT2D eigenvalue weighted by molar-refractivity contribution is -0.126. The van der Waals surface area contributed by atoms with Gasteiger partial charge in [0.1, 0.15) is 5.76 Å². The number of rotatable bonds is 3. The summed E-state index contributed by atoms with van der Waals surface area (Å²) in [5.74, 6) is 1.24. The van der Waals surface area contributed by atoms with Crippen LogP contribution in [0.4, 0.5) is 0 Å². The number of carbonyl (C=O) groups excluding carboxylic acids is 1. The molecule has 0 saturated heterocycles. The Morgan fingerprint density at radius 1 is 1.29 bits per heavy atom. The maximum absolute atomic E-state index is 11.9. The highest BCUT2D eigenvalue weighted by Crippen LogP contribution is 2.46. The summed E-state index contributed by atoms with van der Waals surface area (Å²) >= 11 is 0. The van der Waals surface area contributed by atoms with E-state index in [4.69, 9.17) is 4.74 Å². The quantitative estimate of drug-likeness (QED) is 0.672. The fourth-order valence-electron chi connectivity index (χ4n) is 1.85. The smallest absolute Gasteiger partial charge is 0.171 e. The van der Waals surface area contributed by atoms with E-state index in [9.17, 15) is 4.79 Å². The molecule has 0 bridgehead atoms. The molecule has 0 aromatic carbocycles. The minimum Gasteiger partial charge on any atom is -0.497 e. The Kier molecular flexibility index (Phi) is 2.65. The predicted molar refractivity (Wildman–Crippen MR) is 60.8 cm³/mol. The van der Waals surface area contributed by atoms with Gasteiger partial charge in [-0.3, -0.25) is 4.79 Å². The van der Waals surface area contributed by atoms with Crippen molar-refractivity contribution in [2.45, 2.75) is 40.4 Å². The molecule has 0 aliphatic heterocycles. The van der Waals surface area contributed by atoms with Crippen LogP contribution in [0.25, 0.3) is 0 Å². The Bertz CT molecular complexity index is 295. The zero-order valence-electron chi connectivity index (χ0n) is 10.0. The average Bonchev–Trinajstić information content (AvgIpc) is 2.01. The molecule has 1 aliphatic rings. The van der Waals surface area contributed by atoms with Gasteiger partial charge in [-0.15, -0.1) is 0 Å². The van der Waals surface area contributed by atoms with Crippen LogP contribution in [0.5, 0.6) is 0 Å². The molecule has 0 amide bonds. The Balaban J connectivity index is 3.12. The van der Waals surface area contributed by atoms with E-state index in [-0.39, 0.29) is 5.41 Å². The van der Waals surface area contributed by atoms with E-state index in [2.05, 4.69) is 19.6 Å². The van der Waals surface area contributed by atoms with Crippen molar-refractivity contribution in [3.05, 3.63) is 11.0 Å². The molecule has 0 aromatic heterocycles. The SMILES string of the molecule is CCOC1=C([Si](C)(C)C)C(=O)C1(C)C. The first kappa shape index (κ1) is 11.5. The highest BCUT2D eigenvalue weighted by Gasteiger charge is 2.52. The third-order valence-electron chi connectivity index (χ3n) is 2.63. The summed E-state index contributed by atoms with van der Waals surface area (Å²) in [7, 11) is -1.52. The van der Waals surface area contributed by atoms with Gasteiger partial charge in [0, 0.05) is 5.20 Å². The summed E-state index contributed by atoms with van der Waals surface area (Å²) in [6.45, 7) is 13.1. The molecule has 0 N–H and O–H groups in total. The van der Waals surface area contributed by atoms with E-state index in [0.717, 1.165) is 11.0 Å². The van der Waals surface area contributed by atoms with Crippen LogP contribution in [0.1, 0.15) is 20.8 Å². The number of Topliss-reactive ketones (excluding diaryl/α,β-unsaturated/α-hetero) is 1. The Morgan fingerprint density at radius 2 is 1.79 bits per heavy atom. The maximum Gasteiger partial charge on any atom is 0.171 e. The lowest BCUT2D eigenvalue weighted by Gasteiger charge is -2.42. The largest absolute Gasteiger partial charge is 0.497 e. The lowest BCUT2D eigenvalue weighted by Crippen LogP contribution is -2.49. The number of hydrogen-bond acceptors (Lipinski definition) is 2. The van der Waals surface area contributed by atoms with E-state index < -0.39 is 8.07 Å². The van der Waals surface area contributed by atoms with Crippen molar-refractivity contribution in [1.29, 1.82) is 0 Å². The number of carbonyl (C=O) groups is 1. The van der Waals surface area contributed by atoms with Gasteiger partial charge in [0.25, 0.3) is 0 Å². The summed E-state index contributed by atoms with van der Waals surface area (Å²) in [5, 5.41) is 1.00. The van der Waals surface area contributed by atoms with Crippen molar-refractivity contribution in [2.75, 3.05) is 6.61 Å². The van der Waals surface area contributed by atoms with Gasteiger partial charge in [0.2, 0.25) is 0 Å². The van der Waals surface area contributed by atoms with Crippen LogP contribution < -0.4 is 0 Å². The predicted octanol–water partition coefficient (Wildman–Crippen LogP) is 2.76. The molecule has 1 aliphatic carbocycles. The Hall–Kier alpha value is -0.573. The van der Waals surface area contributed by atoms with E-state index in [0.29, 0.717) is 12.4 Å². The van der Waals surface area contributed by atoms with Crippen LogP contribution >= 0.6 is 0 Å². The van der Waals surface area contributed by atoms with Crippen molar-refractivity contribution < 1.29 is 9.53 Å². The van der Waals surface area contributed by atoms with Gasteiger partial charge in [-0.05, 0) is 20.8 Å². The van der Waals surface area contributed by atoms with E-state index >= 15 is 0 Å². The second kappa shape index (κ2) is 3.23. The molecule has 1 rings (SSSR count). The Morgan fingerprint density at radius 3 is 2.14 bits per heavy atom. The molecule has 0 saturated carbocycles. The summed E-state index contributed by atoms with van der Waals surface area (Å²) < 4.78 is 5.60. The lowest BCUT2D eigenvalue weighted by atomic mass is 9.76. The number of hydrogen-bond donors (Lipinski definition) is 0. The molecular formula is C11H20O2Si. The highest BCUT2D eigenvalue weighted by atomic mass is 28.3. The minimum atomic E-state index is -1.52. The first-order valence-electron chi connectivity index (χ1n) is 5.15. The molecule has 14 heavy (non-hydrogen) atoms. The molecule has 0 fully saturated rings. The average molecular weight is 212 g/mol. The van der Waals surface area contributed by atoms with Gasteiger partial charge in [-0.2, -0.15) is 0 Å². The van der Waals surface area contributed by atoms with E-state index in [1.165, 1.54) is 0 Å². The monoisotopic (exact) mass is 212 g/mol. The van der Waals surface area contributed by atoms with Crippen molar-refractivity contribution in [1.82, 2.24) is 0 Å². The van der Waals surface area contributed by atoms with Crippen LogP contribution in [0.2, 0.25) is 19.6 Å². The number of ketones is 1. The molecule has 2 nitrogen and oxygen atoms in total. The first-order valence-corrected chi connectivity index (χ1v) is 8.65. The molecule has 80 valence electrons. The normalized spacial score (nSPS) is 20.9. The summed E-state index contributed by atoms with van der Waals surface area (Å²) in [5.41, 5.74) is -0.369. The zero-order chi connectivity index (χ0) is 11.1.